The third-order valence-electron chi connectivity index (χ3n) is 3.20. The average molecular weight is 247 g/mol. The molecule has 0 fully saturated rings. The van der Waals surface area contributed by atoms with E-state index in [1.54, 1.807) is 0 Å². The summed E-state index contributed by atoms with van der Waals surface area (Å²) in [5.74, 6) is 0.0261. The smallest absolute Gasteiger partial charge is 0.251 e. The summed E-state index contributed by atoms with van der Waals surface area (Å²) in [5.41, 5.74) is 3.38. The first-order valence-electron chi connectivity index (χ1n) is 6.42. The molecular formula is C14H21N3O. The Kier molecular flexibility index (Phi) is 4.33. The number of likely N-dealkylation sites (N-methyl/N-ethyl adjacent to an activating group) is 1. The highest BCUT2D eigenvalue weighted by atomic mass is 16.1. The van der Waals surface area contributed by atoms with Crippen molar-refractivity contribution in [3.05, 3.63) is 34.9 Å². The molecule has 1 aliphatic rings. The van der Waals surface area contributed by atoms with Gasteiger partial charge in [-0.2, -0.15) is 0 Å². The summed E-state index contributed by atoms with van der Waals surface area (Å²) in [7, 11) is 4.00. The van der Waals surface area contributed by atoms with Gasteiger partial charge in [0.25, 0.3) is 5.91 Å². The molecule has 2 rings (SSSR count). The zero-order valence-electron chi connectivity index (χ0n) is 11.1. The zero-order valence-corrected chi connectivity index (χ0v) is 11.1. The van der Waals surface area contributed by atoms with Gasteiger partial charge in [-0.3, -0.25) is 4.79 Å². The van der Waals surface area contributed by atoms with E-state index in [9.17, 15) is 4.79 Å². The topological polar surface area (TPSA) is 44.4 Å². The number of hydrogen-bond donors (Lipinski definition) is 2. The Morgan fingerprint density at radius 2 is 2.22 bits per heavy atom. The fourth-order valence-corrected chi connectivity index (χ4v) is 2.11. The van der Waals surface area contributed by atoms with Crippen molar-refractivity contribution in [3.8, 4) is 0 Å². The first kappa shape index (κ1) is 13.1. The third-order valence-corrected chi connectivity index (χ3v) is 3.20. The maximum atomic E-state index is 12.0. The summed E-state index contributed by atoms with van der Waals surface area (Å²) in [6, 6.07) is 6.00. The largest absolute Gasteiger partial charge is 0.351 e. The van der Waals surface area contributed by atoms with Gasteiger partial charge in [-0.15, -0.1) is 0 Å². The van der Waals surface area contributed by atoms with E-state index >= 15 is 0 Å². The fourth-order valence-electron chi connectivity index (χ4n) is 2.11. The number of rotatable bonds is 4. The second kappa shape index (κ2) is 5.98. The molecule has 0 aliphatic carbocycles. The maximum Gasteiger partial charge on any atom is 0.251 e. The maximum absolute atomic E-state index is 12.0. The number of benzene rings is 1. The highest BCUT2D eigenvalue weighted by Gasteiger charge is 2.12. The number of nitrogens with one attached hydrogen (secondary N) is 2. The van der Waals surface area contributed by atoms with Crippen LogP contribution in [0.1, 0.15) is 21.5 Å². The first-order valence-corrected chi connectivity index (χ1v) is 6.42. The van der Waals surface area contributed by atoms with E-state index in [-0.39, 0.29) is 5.91 Å². The molecule has 1 aliphatic heterocycles. The van der Waals surface area contributed by atoms with Crippen molar-refractivity contribution in [3.63, 3.8) is 0 Å². The molecule has 2 N–H and O–H groups in total. The Bertz CT molecular complexity index is 429. The fraction of sp³-hybridized carbons (Fsp3) is 0.500. The van der Waals surface area contributed by atoms with Gasteiger partial charge in [-0.05, 0) is 50.3 Å². The Morgan fingerprint density at radius 3 is 3.00 bits per heavy atom. The van der Waals surface area contributed by atoms with E-state index in [0.29, 0.717) is 6.54 Å². The number of carbonyl (C=O) groups is 1. The van der Waals surface area contributed by atoms with Crippen LogP contribution in [0.5, 0.6) is 0 Å². The van der Waals surface area contributed by atoms with Crippen LogP contribution in [0.25, 0.3) is 0 Å². The lowest BCUT2D eigenvalue weighted by atomic mass is 9.98. The van der Waals surface area contributed by atoms with Crippen LogP contribution in [0.3, 0.4) is 0 Å². The van der Waals surface area contributed by atoms with Gasteiger partial charge in [0.1, 0.15) is 0 Å². The summed E-state index contributed by atoms with van der Waals surface area (Å²) in [6.45, 7) is 3.46. The molecule has 4 heteroatoms. The predicted octanol–water partition coefficient (Wildman–Crippen LogP) is 0.624. The molecule has 0 aromatic heterocycles. The molecule has 0 saturated heterocycles. The van der Waals surface area contributed by atoms with E-state index in [1.165, 1.54) is 11.1 Å². The lowest BCUT2D eigenvalue weighted by Gasteiger charge is -2.18. The minimum atomic E-state index is 0.0261. The molecule has 1 aromatic rings. The number of fused-ring (bicyclic) bond motifs is 1. The van der Waals surface area contributed by atoms with Crippen molar-refractivity contribution < 1.29 is 4.79 Å². The van der Waals surface area contributed by atoms with Crippen LogP contribution in [0.15, 0.2) is 18.2 Å². The molecule has 0 unspecified atom stereocenters. The van der Waals surface area contributed by atoms with Gasteiger partial charge in [0.05, 0.1) is 0 Å². The Balaban J connectivity index is 1.98. The van der Waals surface area contributed by atoms with Crippen molar-refractivity contribution in [2.24, 2.45) is 0 Å². The number of carbonyl (C=O) groups excluding carboxylic acids is 1. The SMILES string of the molecule is CN(C)CCNC(=O)c1ccc2c(c1)CCNC2. The Labute approximate surface area is 108 Å². The van der Waals surface area contributed by atoms with E-state index < -0.39 is 0 Å². The average Bonchev–Trinajstić information content (AvgIpc) is 2.37. The zero-order chi connectivity index (χ0) is 13.0. The third kappa shape index (κ3) is 3.31. The molecule has 0 atom stereocenters. The Hall–Kier alpha value is -1.39. The predicted molar refractivity (Wildman–Crippen MR) is 72.7 cm³/mol. The summed E-state index contributed by atoms with van der Waals surface area (Å²) in [5, 5.41) is 6.27. The van der Waals surface area contributed by atoms with Crippen LogP contribution in [-0.4, -0.2) is 44.5 Å². The quantitative estimate of drug-likeness (QED) is 0.820. The number of hydrogen-bond acceptors (Lipinski definition) is 3. The van der Waals surface area contributed by atoms with Crippen LogP contribution in [0.4, 0.5) is 0 Å². The van der Waals surface area contributed by atoms with Gasteiger partial charge < -0.3 is 15.5 Å². The normalized spacial score (nSPS) is 14.4. The molecule has 0 radical (unpaired) electrons. The molecule has 0 bridgehead atoms. The molecule has 18 heavy (non-hydrogen) atoms. The van der Waals surface area contributed by atoms with Gasteiger partial charge in [0.2, 0.25) is 0 Å². The number of nitrogens with zero attached hydrogens (tertiary/aromatic N) is 1. The summed E-state index contributed by atoms with van der Waals surface area (Å²) < 4.78 is 0. The molecule has 1 heterocycles. The van der Waals surface area contributed by atoms with Crippen LogP contribution in [-0.2, 0) is 13.0 Å². The minimum absolute atomic E-state index is 0.0261. The van der Waals surface area contributed by atoms with Crippen LogP contribution < -0.4 is 10.6 Å². The van der Waals surface area contributed by atoms with Gasteiger partial charge in [0.15, 0.2) is 0 Å². The van der Waals surface area contributed by atoms with Gasteiger partial charge in [-0.25, -0.2) is 0 Å². The molecule has 0 spiro atoms. The molecule has 0 saturated carbocycles. The molecule has 4 nitrogen and oxygen atoms in total. The van der Waals surface area contributed by atoms with E-state index in [1.807, 2.05) is 26.2 Å². The lowest BCUT2D eigenvalue weighted by Crippen LogP contribution is -2.31. The monoisotopic (exact) mass is 247 g/mol. The Morgan fingerprint density at radius 1 is 1.39 bits per heavy atom. The first-order chi connectivity index (χ1) is 8.66. The summed E-state index contributed by atoms with van der Waals surface area (Å²) >= 11 is 0. The van der Waals surface area contributed by atoms with Gasteiger partial charge >= 0.3 is 0 Å². The summed E-state index contributed by atoms with van der Waals surface area (Å²) in [6.07, 6.45) is 1.01. The second-order valence-corrected chi connectivity index (χ2v) is 4.97. The van der Waals surface area contributed by atoms with Gasteiger partial charge in [-0.1, -0.05) is 6.07 Å². The standard InChI is InChI=1S/C14H21N3O/c1-17(2)8-7-16-14(18)12-3-4-13-10-15-6-5-11(13)9-12/h3-4,9,15H,5-8,10H2,1-2H3,(H,16,18). The van der Waals surface area contributed by atoms with E-state index in [0.717, 1.165) is 31.6 Å². The number of amides is 1. The lowest BCUT2D eigenvalue weighted by molar-refractivity contribution is 0.0951. The summed E-state index contributed by atoms with van der Waals surface area (Å²) in [4.78, 5) is 14.0. The molecule has 98 valence electrons. The minimum Gasteiger partial charge on any atom is -0.351 e. The van der Waals surface area contributed by atoms with E-state index in [4.69, 9.17) is 0 Å². The van der Waals surface area contributed by atoms with Crippen LogP contribution in [0, 0.1) is 0 Å². The highest BCUT2D eigenvalue weighted by molar-refractivity contribution is 5.94. The van der Waals surface area contributed by atoms with E-state index in [2.05, 4.69) is 21.6 Å². The van der Waals surface area contributed by atoms with Crippen LogP contribution in [0.2, 0.25) is 0 Å². The van der Waals surface area contributed by atoms with Crippen molar-refractivity contribution >= 4 is 5.91 Å². The van der Waals surface area contributed by atoms with Crippen molar-refractivity contribution in [1.29, 1.82) is 0 Å². The van der Waals surface area contributed by atoms with Crippen molar-refractivity contribution in [2.45, 2.75) is 13.0 Å². The second-order valence-electron chi connectivity index (χ2n) is 4.97. The molecule has 1 aromatic carbocycles. The van der Waals surface area contributed by atoms with Crippen molar-refractivity contribution in [1.82, 2.24) is 15.5 Å². The van der Waals surface area contributed by atoms with Crippen LogP contribution >= 0.6 is 0 Å². The molecule has 1 amide bonds. The van der Waals surface area contributed by atoms with Crippen molar-refractivity contribution in [2.75, 3.05) is 33.7 Å². The molecular weight excluding hydrogens is 226 g/mol. The van der Waals surface area contributed by atoms with Gasteiger partial charge in [0, 0.05) is 25.2 Å². The highest BCUT2D eigenvalue weighted by Crippen LogP contribution is 2.15.